The van der Waals surface area contributed by atoms with Crippen molar-refractivity contribution in [2.75, 3.05) is 18.1 Å². The standard InChI is InChI=1S/C18H21FN6O3S/c1-11-8-22-15(9-21-11)16(26)23-13-4-5-14(19)12(6-13)7-18(2)10-29(27,28)25(3)17(20)24-18/h4-6,8-9H,7,10H2,1-3H3,(H2,20,24)(H,23,26). The van der Waals surface area contributed by atoms with E-state index in [1.54, 1.807) is 13.8 Å². The normalized spacial score (nSPS) is 20.8. The average Bonchev–Trinajstić information content (AvgIpc) is 2.62. The molecule has 0 radical (unpaired) electrons. The van der Waals surface area contributed by atoms with Crippen LogP contribution in [0.4, 0.5) is 10.1 Å². The van der Waals surface area contributed by atoms with Crippen LogP contribution in [-0.4, -0.2) is 52.9 Å². The van der Waals surface area contributed by atoms with Gasteiger partial charge < -0.3 is 11.1 Å². The smallest absolute Gasteiger partial charge is 0.275 e. The molecular formula is C18H21FN6O3S. The van der Waals surface area contributed by atoms with Gasteiger partial charge in [-0.2, -0.15) is 0 Å². The van der Waals surface area contributed by atoms with Gasteiger partial charge in [-0.05, 0) is 37.6 Å². The second-order valence-electron chi connectivity index (χ2n) is 7.17. The number of hydrogen-bond donors (Lipinski definition) is 2. The Hall–Kier alpha value is -3.08. The lowest BCUT2D eigenvalue weighted by atomic mass is 9.94. The van der Waals surface area contributed by atoms with Gasteiger partial charge in [0.1, 0.15) is 11.5 Å². The van der Waals surface area contributed by atoms with Gasteiger partial charge in [-0.1, -0.05) is 0 Å². The van der Waals surface area contributed by atoms with Gasteiger partial charge in [-0.15, -0.1) is 0 Å². The van der Waals surface area contributed by atoms with Crippen LogP contribution in [0.3, 0.4) is 0 Å². The van der Waals surface area contributed by atoms with E-state index >= 15 is 0 Å². The summed E-state index contributed by atoms with van der Waals surface area (Å²) in [5.41, 5.74) is 5.92. The molecule has 0 fully saturated rings. The van der Waals surface area contributed by atoms with Crippen molar-refractivity contribution < 1.29 is 17.6 Å². The molecular weight excluding hydrogens is 399 g/mol. The molecule has 3 rings (SSSR count). The maximum absolute atomic E-state index is 14.4. The summed E-state index contributed by atoms with van der Waals surface area (Å²) in [7, 11) is -2.33. The molecule has 1 aliphatic heterocycles. The molecule has 11 heteroatoms. The number of anilines is 1. The molecule has 154 valence electrons. The number of hydrogen-bond acceptors (Lipinski definition) is 7. The number of guanidine groups is 1. The van der Waals surface area contributed by atoms with E-state index < -0.39 is 27.3 Å². The average molecular weight is 420 g/mol. The number of nitrogens with zero attached hydrogens (tertiary/aromatic N) is 4. The number of aromatic nitrogens is 2. The van der Waals surface area contributed by atoms with Crippen LogP contribution in [0.5, 0.6) is 0 Å². The van der Waals surface area contributed by atoms with Crippen molar-refractivity contribution >= 4 is 27.6 Å². The van der Waals surface area contributed by atoms with Gasteiger partial charge in [0.05, 0.1) is 23.2 Å². The van der Waals surface area contributed by atoms with E-state index in [4.69, 9.17) is 5.73 Å². The van der Waals surface area contributed by atoms with Gasteiger partial charge >= 0.3 is 0 Å². The largest absolute Gasteiger partial charge is 0.369 e. The molecule has 1 atom stereocenters. The van der Waals surface area contributed by atoms with E-state index in [0.717, 1.165) is 4.31 Å². The Kier molecular flexibility index (Phi) is 5.26. The van der Waals surface area contributed by atoms with Crippen LogP contribution < -0.4 is 11.1 Å². The molecule has 9 nitrogen and oxygen atoms in total. The van der Waals surface area contributed by atoms with E-state index in [0.29, 0.717) is 11.4 Å². The van der Waals surface area contributed by atoms with Gasteiger partial charge in [0.15, 0.2) is 0 Å². The predicted octanol–water partition coefficient (Wildman–Crippen LogP) is 1.07. The number of carbonyl (C=O) groups excluding carboxylic acids is 1. The molecule has 0 spiro atoms. The lowest BCUT2D eigenvalue weighted by molar-refractivity contribution is 0.102. The van der Waals surface area contributed by atoms with E-state index in [1.807, 2.05) is 0 Å². The summed E-state index contributed by atoms with van der Waals surface area (Å²) < 4.78 is 39.9. The highest BCUT2D eigenvalue weighted by Gasteiger charge is 2.39. The lowest BCUT2D eigenvalue weighted by Gasteiger charge is -2.34. The minimum atomic E-state index is -3.65. The Bertz CT molecular complexity index is 1090. The summed E-state index contributed by atoms with van der Waals surface area (Å²) in [4.78, 5) is 24.6. The second-order valence-corrected chi connectivity index (χ2v) is 9.17. The minimum Gasteiger partial charge on any atom is -0.369 e. The summed E-state index contributed by atoms with van der Waals surface area (Å²) in [5, 5.41) is 2.63. The van der Waals surface area contributed by atoms with Crippen molar-refractivity contribution in [3.8, 4) is 0 Å². The first-order valence-electron chi connectivity index (χ1n) is 8.69. The number of carbonyl (C=O) groups is 1. The van der Waals surface area contributed by atoms with Crippen LogP contribution in [0, 0.1) is 12.7 Å². The van der Waals surface area contributed by atoms with Crippen LogP contribution in [-0.2, 0) is 16.4 Å². The first-order chi connectivity index (χ1) is 13.5. The zero-order valence-electron chi connectivity index (χ0n) is 16.2. The third kappa shape index (κ3) is 4.50. The molecule has 1 amide bonds. The number of sulfonamides is 1. The Labute approximate surface area is 167 Å². The molecule has 2 heterocycles. The summed E-state index contributed by atoms with van der Waals surface area (Å²) in [6.45, 7) is 3.34. The number of aliphatic imine (C=N–C) groups is 1. The van der Waals surface area contributed by atoms with Crippen molar-refractivity contribution in [2.45, 2.75) is 25.8 Å². The topological polar surface area (TPSA) is 131 Å². The number of rotatable bonds is 4. The molecule has 0 bridgehead atoms. The van der Waals surface area contributed by atoms with Crippen LogP contribution in [0.15, 0.2) is 35.6 Å². The summed E-state index contributed by atoms with van der Waals surface area (Å²) in [6, 6.07) is 4.05. The number of aryl methyl sites for hydroxylation is 1. The SMILES string of the molecule is Cc1cnc(C(=O)Nc2ccc(F)c(CC3(C)CS(=O)(=O)N(C)C(N)=N3)c2)cn1. The Morgan fingerprint density at radius 1 is 1.34 bits per heavy atom. The van der Waals surface area contributed by atoms with Gasteiger partial charge in [0.2, 0.25) is 16.0 Å². The third-order valence-corrected chi connectivity index (χ3v) is 6.51. The molecule has 1 aromatic carbocycles. The number of benzene rings is 1. The van der Waals surface area contributed by atoms with E-state index in [-0.39, 0.29) is 29.4 Å². The third-order valence-electron chi connectivity index (χ3n) is 4.51. The van der Waals surface area contributed by atoms with Crippen molar-refractivity contribution in [3.63, 3.8) is 0 Å². The summed E-state index contributed by atoms with van der Waals surface area (Å²) >= 11 is 0. The maximum atomic E-state index is 14.4. The highest BCUT2D eigenvalue weighted by molar-refractivity contribution is 7.89. The Morgan fingerprint density at radius 3 is 2.69 bits per heavy atom. The van der Waals surface area contributed by atoms with Crippen molar-refractivity contribution in [3.05, 3.63) is 53.4 Å². The van der Waals surface area contributed by atoms with E-state index in [9.17, 15) is 17.6 Å². The van der Waals surface area contributed by atoms with Gasteiger partial charge in [-0.25, -0.2) is 27.1 Å². The lowest BCUT2D eigenvalue weighted by Crippen LogP contribution is -2.52. The van der Waals surface area contributed by atoms with Crippen LogP contribution in [0.25, 0.3) is 0 Å². The Balaban J connectivity index is 1.84. The molecule has 1 aliphatic rings. The molecule has 0 aliphatic carbocycles. The van der Waals surface area contributed by atoms with Crippen LogP contribution in [0.1, 0.15) is 28.7 Å². The summed E-state index contributed by atoms with van der Waals surface area (Å²) in [5.74, 6) is -1.50. The highest BCUT2D eigenvalue weighted by Crippen LogP contribution is 2.27. The first kappa shape index (κ1) is 20.6. The first-order valence-corrected chi connectivity index (χ1v) is 10.3. The molecule has 1 unspecified atom stereocenters. The number of nitrogens with two attached hydrogens (primary N) is 1. The quantitative estimate of drug-likeness (QED) is 0.761. The fourth-order valence-corrected chi connectivity index (χ4v) is 4.48. The predicted molar refractivity (Wildman–Crippen MR) is 106 cm³/mol. The number of halogens is 1. The zero-order chi connectivity index (χ0) is 21.4. The van der Waals surface area contributed by atoms with Crippen molar-refractivity contribution in [2.24, 2.45) is 10.7 Å². The van der Waals surface area contributed by atoms with Gasteiger partial charge in [0.25, 0.3) is 5.91 Å². The highest BCUT2D eigenvalue weighted by atomic mass is 32.2. The fraction of sp³-hybridized carbons (Fsp3) is 0.333. The van der Waals surface area contributed by atoms with E-state index in [1.165, 1.54) is 37.6 Å². The summed E-state index contributed by atoms with van der Waals surface area (Å²) in [6.07, 6.45) is 2.80. The second kappa shape index (κ2) is 7.39. The van der Waals surface area contributed by atoms with Gasteiger partial charge in [0, 0.05) is 25.4 Å². The molecule has 3 N–H and O–H groups in total. The van der Waals surface area contributed by atoms with Crippen molar-refractivity contribution in [1.82, 2.24) is 14.3 Å². The number of nitrogens with one attached hydrogen (secondary N) is 1. The molecule has 2 aromatic rings. The monoisotopic (exact) mass is 420 g/mol. The maximum Gasteiger partial charge on any atom is 0.275 e. The molecule has 29 heavy (non-hydrogen) atoms. The van der Waals surface area contributed by atoms with Crippen molar-refractivity contribution in [1.29, 1.82) is 0 Å². The fourth-order valence-electron chi connectivity index (χ4n) is 3.01. The zero-order valence-corrected chi connectivity index (χ0v) is 17.0. The molecule has 1 aromatic heterocycles. The molecule has 0 saturated heterocycles. The molecule has 0 saturated carbocycles. The van der Waals surface area contributed by atoms with Gasteiger partial charge in [-0.3, -0.25) is 9.78 Å². The van der Waals surface area contributed by atoms with E-state index in [2.05, 4.69) is 20.3 Å². The Morgan fingerprint density at radius 2 is 2.07 bits per heavy atom. The van der Waals surface area contributed by atoms with Crippen LogP contribution in [0.2, 0.25) is 0 Å². The number of amides is 1. The minimum absolute atomic E-state index is 0.0132. The van der Waals surface area contributed by atoms with Crippen LogP contribution >= 0.6 is 0 Å².